The molecule has 0 radical (unpaired) electrons. The molecule has 1 aliphatic rings. The monoisotopic (exact) mass is 277 g/mol. The molecule has 5 heteroatoms. The van der Waals surface area contributed by atoms with E-state index in [0.29, 0.717) is 15.9 Å². The summed E-state index contributed by atoms with van der Waals surface area (Å²) in [7, 11) is 0. The maximum atomic E-state index is 12.2. The zero-order valence-electron chi connectivity index (χ0n) is 10.3. The Morgan fingerprint density at radius 3 is 2.68 bits per heavy atom. The minimum atomic E-state index is -1.19. The predicted octanol–water partition coefficient (Wildman–Crippen LogP) is 3.00. The molecule has 1 saturated carbocycles. The van der Waals surface area contributed by atoms with Crippen molar-refractivity contribution in [3.63, 3.8) is 0 Å². The summed E-state index contributed by atoms with van der Waals surface area (Å²) in [4.78, 5) is 23.4. The largest absolute Gasteiger partial charge is 0.477 e. The molecule has 0 bridgehead atoms. The van der Waals surface area contributed by atoms with E-state index in [1.54, 1.807) is 19.1 Å². The molecule has 1 aliphatic carbocycles. The zero-order chi connectivity index (χ0) is 13.7. The first kappa shape index (κ1) is 12.2. The second kappa shape index (κ2) is 4.10. The number of benzene rings is 1. The maximum Gasteiger partial charge on any atom is 0.341 e. The minimum Gasteiger partial charge on any atom is -0.477 e. The van der Waals surface area contributed by atoms with Crippen LogP contribution in [0.1, 0.15) is 34.8 Å². The van der Waals surface area contributed by atoms with Crippen LogP contribution in [0.25, 0.3) is 10.9 Å². The van der Waals surface area contributed by atoms with E-state index in [4.69, 9.17) is 16.7 Å². The van der Waals surface area contributed by atoms with Gasteiger partial charge in [-0.3, -0.25) is 4.79 Å². The summed E-state index contributed by atoms with van der Waals surface area (Å²) < 4.78 is 1.87. The molecule has 0 aliphatic heterocycles. The second-order valence-corrected chi connectivity index (χ2v) is 5.34. The van der Waals surface area contributed by atoms with Gasteiger partial charge in [-0.1, -0.05) is 11.6 Å². The number of hydrogen-bond donors (Lipinski definition) is 1. The Hall–Kier alpha value is -1.81. The summed E-state index contributed by atoms with van der Waals surface area (Å²) in [5.41, 5.74) is 0.865. The standard InChI is InChI=1S/C14H12ClNO3/c1-7-4-9-12(5-11(7)15)16(8-2-3-8)6-10(13(9)17)14(18)19/h4-6,8H,2-3H2,1H3,(H,18,19). The molecule has 1 heterocycles. The fourth-order valence-electron chi connectivity index (χ4n) is 2.29. The van der Waals surface area contributed by atoms with E-state index < -0.39 is 11.4 Å². The molecule has 1 N–H and O–H groups in total. The van der Waals surface area contributed by atoms with Crippen LogP contribution in [0.4, 0.5) is 0 Å². The van der Waals surface area contributed by atoms with E-state index in [1.807, 2.05) is 4.57 Å². The lowest BCUT2D eigenvalue weighted by Gasteiger charge is -2.12. The van der Waals surface area contributed by atoms with Gasteiger partial charge in [0.2, 0.25) is 5.43 Å². The SMILES string of the molecule is Cc1cc2c(=O)c(C(=O)O)cn(C3CC3)c2cc1Cl. The van der Waals surface area contributed by atoms with Gasteiger partial charge in [-0.05, 0) is 37.5 Å². The van der Waals surface area contributed by atoms with Crippen LogP contribution in [0.2, 0.25) is 5.02 Å². The van der Waals surface area contributed by atoms with Crippen molar-refractivity contribution in [2.75, 3.05) is 0 Å². The Labute approximate surface area is 114 Å². The van der Waals surface area contributed by atoms with Gasteiger partial charge in [0, 0.05) is 22.6 Å². The van der Waals surface area contributed by atoms with Gasteiger partial charge >= 0.3 is 5.97 Å². The Kier molecular flexibility index (Phi) is 2.64. The number of carbonyl (C=O) groups is 1. The lowest BCUT2D eigenvalue weighted by atomic mass is 10.1. The van der Waals surface area contributed by atoms with Crippen molar-refractivity contribution in [2.45, 2.75) is 25.8 Å². The Balaban J connectivity index is 2.45. The van der Waals surface area contributed by atoms with Crippen molar-refractivity contribution in [3.05, 3.63) is 44.7 Å². The van der Waals surface area contributed by atoms with Crippen LogP contribution in [0.3, 0.4) is 0 Å². The highest BCUT2D eigenvalue weighted by Gasteiger charge is 2.26. The van der Waals surface area contributed by atoms with Crippen LogP contribution in [0, 0.1) is 6.92 Å². The zero-order valence-corrected chi connectivity index (χ0v) is 11.1. The van der Waals surface area contributed by atoms with Gasteiger partial charge < -0.3 is 9.67 Å². The number of fused-ring (bicyclic) bond motifs is 1. The van der Waals surface area contributed by atoms with Crippen molar-refractivity contribution < 1.29 is 9.90 Å². The van der Waals surface area contributed by atoms with E-state index in [-0.39, 0.29) is 11.6 Å². The van der Waals surface area contributed by atoms with Crippen molar-refractivity contribution in [1.29, 1.82) is 0 Å². The van der Waals surface area contributed by atoms with Crippen LogP contribution in [0.5, 0.6) is 0 Å². The van der Waals surface area contributed by atoms with E-state index in [1.165, 1.54) is 6.20 Å². The van der Waals surface area contributed by atoms with E-state index in [2.05, 4.69) is 0 Å². The minimum absolute atomic E-state index is 0.180. The van der Waals surface area contributed by atoms with Gasteiger partial charge in [-0.2, -0.15) is 0 Å². The van der Waals surface area contributed by atoms with Crippen LogP contribution in [-0.4, -0.2) is 15.6 Å². The quantitative estimate of drug-likeness (QED) is 0.918. The highest BCUT2D eigenvalue weighted by Crippen LogP contribution is 2.37. The van der Waals surface area contributed by atoms with Crippen LogP contribution in [0.15, 0.2) is 23.1 Å². The first-order valence-corrected chi connectivity index (χ1v) is 6.45. The summed E-state index contributed by atoms with van der Waals surface area (Å²) >= 11 is 6.11. The Bertz CT molecular complexity index is 759. The van der Waals surface area contributed by atoms with E-state index in [9.17, 15) is 9.59 Å². The summed E-state index contributed by atoms with van der Waals surface area (Å²) in [6.45, 7) is 1.80. The average molecular weight is 278 g/mol. The lowest BCUT2D eigenvalue weighted by molar-refractivity contribution is 0.0695. The third-order valence-corrected chi connectivity index (χ3v) is 3.89. The molecule has 0 unspecified atom stereocenters. The smallest absolute Gasteiger partial charge is 0.341 e. The Morgan fingerprint density at radius 1 is 1.42 bits per heavy atom. The number of pyridine rings is 1. The fraction of sp³-hybridized carbons (Fsp3) is 0.286. The van der Waals surface area contributed by atoms with Gasteiger partial charge in [-0.25, -0.2) is 4.79 Å². The number of carboxylic acids is 1. The summed E-state index contributed by atoms with van der Waals surface area (Å²) in [5, 5.41) is 10.1. The third kappa shape index (κ3) is 1.92. The Morgan fingerprint density at radius 2 is 2.11 bits per heavy atom. The maximum absolute atomic E-state index is 12.2. The van der Waals surface area contributed by atoms with Crippen molar-refractivity contribution in [1.82, 2.24) is 4.57 Å². The molecule has 98 valence electrons. The number of hydrogen-bond acceptors (Lipinski definition) is 2. The highest BCUT2D eigenvalue weighted by molar-refractivity contribution is 6.32. The molecular weight excluding hydrogens is 266 g/mol. The number of rotatable bonds is 2. The first-order valence-electron chi connectivity index (χ1n) is 6.07. The van der Waals surface area contributed by atoms with E-state index in [0.717, 1.165) is 18.4 Å². The number of carboxylic acid groups (broad SMARTS) is 1. The van der Waals surface area contributed by atoms with Gasteiger partial charge in [0.05, 0.1) is 5.52 Å². The number of nitrogens with zero attached hydrogens (tertiary/aromatic N) is 1. The molecule has 1 aromatic heterocycles. The predicted molar refractivity (Wildman–Crippen MR) is 73.2 cm³/mol. The number of aromatic nitrogens is 1. The fourth-order valence-corrected chi connectivity index (χ4v) is 2.44. The van der Waals surface area contributed by atoms with Gasteiger partial charge in [0.1, 0.15) is 5.56 Å². The number of halogens is 1. The number of aryl methyl sites for hydroxylation is 1. The van der Waals surface area contributed by atoms with E-state index >= 15 is 0 Å². The highest BCUT2D eigenvalue weighted by atomic mass is 35.5. The molecular formula is C14H12ClNO3. The summed E-state index contributed by atoms with van der Waals surface area (Å²) in [6.07, 6.45) is 3.45. The third-order valence-electron chi connectivity index (χ3n) is 3.48. The van der Waals surface area contributed by atoms with Crippen LogP contribution in [-0.2, 0) is 0 Å². The number of aromatic carboxylic acids is 1. The molecule has 0 atom stereocenters. The van der Waals surface area contributed by atoms with Crippen LogP contribution >= 0.6 is 11.6 Å². The summed E-state index contributed by atoms with van der Waals surface area (Å²) in [6, 6.07) is 3.70. The molecule has 4 nitrogen and oxygen atoms in total. The van der Waals surface area contributed by atoms with Crippen molar-refractivity contribution in [3.8, 4) is 0 Å². The molecule has 0 saturated heterocycles. The molecule has 0 spiro atoms. The lowest BCUT2D eigenvalue weighted by Crippen LogP contribution is -2.18. The summed E-state index contributed by atoms with van der Waals surface area (Å²) in [5.74, 6) is -1.19. The van der Waals surface area contributed by atoms with Gasteiger partial charge in [0.15, 0.2) is 0 Å². The molecule has 1 fully saturated rings. The van der Waals surface area contributed by atoms with Crippen molar-refractivity contribution >= 4 is 28.5 Å². The molecule has 0 amide bonds. The molecule has 2 aromatic rings. The first-order chi connectivity index (χ1) is 8.99. The topological polar surface area (TPSA) is 59.3 Å². The molecule has 19 heavy (non-hydrogen) atoms. The van der Waals surface area contributed by atoms with Crippen molar-refractivity contribution in [2.24, 2.45) is 0 Å². The second-order valence-electron chi connectivity index (χ2n) is 4.93. The normalized spacial score (nSPS) is 14.8. The molecule has 1 aromatic carbocycles. The molecule has 3 rings (SSSR count). The van der Waals surface area contributed by atoms with Gasteiger partial charge in [0.25, 0.3) is 0 Å². The average Bonchev–Trinajstić information content (AvgIpc) is 3.16. The van der Waals surface area contributed by atoms with Gasteiger partial charge in [-0.15, -0.1) is 0 Å². The van der Waals surface area contributed by atoms with Crippen LogP contribution < -0.4 is 5.43 Å².